The minimum Gasteiger partial charge on any atom is -0.342 e. The van der Waals surface area contributed by atoms with Crippen molar-refractivity contribution >= 4 is 23.3 Å². The van der Waals surface area contributed by atoms with Crippen LogP contribution in [-0.4, -0.2) is 27.0 Å². The van der Waals surface area contributed by atoms with Gasteiger partial charge in [-0.15, -0.1) is 0 Å². The van der Waals surface area contributed by atoms with Crippen LogP contribution in [0.15, 0.2) is 36.5 Å². The molecule has 5 nitrogen and oxygen atoms in total. The lowest BCUT2D eigenvalue weighted by atomic mass is 9.84. The van der Waals surface area contributed by atoms with Crippen molar-refractivity contribution in [3.63, 3.8) is 0 Å². The predicted octanol–water partition coefficient (Wildman–Crippen LogP) is 4.94. The summed E-state index contributed by atoms with van der Waals surface area (Å²) in [6.07, 6.45) is 6.20. The molecule has 148 valence electrons. The van der Waals surface area contributed by atoms with E-state index in [2.05, 4.69) is 44.3 Å². The van der Waals surface area contributed by atoms with Gasteiger partial charge < -0.3 is 4.98 Å². The molecule has 0 amide bonds. The van der Waals surface area contributed by atoms with Gasteiger partial charge >= 0.3 is 0 Å². The van der Waals surface area contributed by atoms with Crippen LogP contribution in [0.25, 0.3) is 22.4 Å². The van der Waals surface area contributed by atoms with Crippen molar-refractivity contribution < 1.29 is 4.39 Å². The normalized spacial score (nSPS) is 20.1. The maximum atomic E-state index is 14.1. The maximum Gasteiger partial charge on any atom is 0.156 e. The van der Waals surface area contributed by atoms with Gasteiger partial charge in [0.15, 0.2) is 5.65 Å². The van der Waals surface area contributed by atoms with Crippen LogP contribution in [0.3, 0.4) is 0 Å². The maximum absolute atomic E-state index is 14.1. The third kappa shape index (κ3) is 4.37. The molecule has 0 radical (unpaired) electrons. The van der Waals surface area contributed by atoms with E-state index in [1.54, 1.807) is 30.5 Å². The Morgan fingerprint density at radius 3 is 2.71 bits per heavy atom. The van der Waals surface area contributed by atoms with Crippen molar-refractivity contribution in [2.24, 2.45) is 0 Å². The van der Waals surface area contributed by atoms with Gasteiger partial charge in [-0.2, -0.15) is 0 Å². The van der Waals surface area contributed by atoms with Gasteiger partial charge in [-0.3, -0.25) is 0 Å². The van der Waals surface area contributed by atoms with Crippen LogP contribution in [0.4, 0.5) is 4.39 Å². The zero-order valence-electron chi connectivity index (χ0n) is 16.2. The molecule has 1 aliphatic rings. The first-order valence-electron chi connectivity index (χ1n) is 9.87. The third-order valence-corrected chi connectivity index (χ3v) is 6.23. The number of halogens is 1. The molecule has 2 aromatic heterocycles. The quantitative estimate of drug-likeness (QED) is 0.512. The van der Waals surface area contributed by atoms with E-state index >= 15 is 0 Å². The van der Waals surface area contributed by atoms with Crippen LogP contribution in [0.1, 0.15) is 51.1 Å². The lowest BCUT2D eigenvalue weighted by Crippen LogP contribution is -2.31. The first-order chi connectivity index (χ1) is 13.6. The molecular formula is C21H26FN5S. The minimum atomic E-state index is -0.275. The number of aromatic amines is 1. The van der Waals surface area contributed by atoms with E-state index in [0.29, 0.717) is 29.3 Å². The highest BCUT2D eigenvalue weighted by molar-refractivity contribution is 7.95. The predicted molar refractivity (Wildman–Crippen MR) is 113 cm³/mol. The van der Waals surface area contributed by atoms with E-state index in [9.17, 15) is 4.39 Å². The molecule has 0 aliphatic heterocycles. The average Bonchev–Trinajstić information content (AvgIpc) is 3.12. The zero-order chi connectivity index (χ0) is 19.5. The summed E-state index contributed by atoms with van der Waals surface area (Å²) < 4.78 is 20.9. The van der Waals surface area contributed by atoms with Gasteiger partial charge in [0.05, 0.1) is 11.9 Å². The molecule has 7 heteroatoms. The van der Waals surface area contributed by atoms with Crippen molar-refractivity contribution in [3.8, 4) is 11.3 Å². The summed E-state index contributed by atoms with van der Waals surface area (Å²) >= 11 is 1.61. The number of benzene rings is 1. The molecule has 0 bridgehead atoms. The lowest BCUT2D eigenvalue weighted by Gasteiger charge is -2.28. The SMILES string of the molecule is CC(C)NSNC1CCC(c2cc3nc(-c4ccccc4F)cnc3[nH]2)CC1. The molecule has 1 aliphatic carbocycles. The zero-order valence-corrected chi connectivity index (χ0v) is 17.0. The smallest absolute Gasteiger partial charge is 0.156 e. The Kier molecular flexibility index (Phi) is 5.94. The van der Waals surface area contributed by atoms with E-state index in [-0.39, 0.29) is 5.82 Å². The molecule has 0 unspecified atom stereocenters. The van der Waals surface area contributed by atoms with Crippen LogP contribution in [0.2, 0.25) is 0 Å². The number of aromatic nitrogens is 3. The average molecular weight is 400 g/mol. The number of nitrogens with zero attached hydrogens (tertiary/aromatic N) is 2. The molecule has 0 spiro atoms. The Morgan fingerprint density at radius 1 is 1.18 bits per heavy atom. The van der Waals surface area contributed by atoms with Crippen molar-refractivity contribution in [2.45, 2.75) is 57.5 Å². The highest BCUT2D eigenvalue weighted by Crippen LogP contribution is 2.34. The van der Waals surface area contributed by atoms with Gasteiger partial charge in [0.25, 0.3) is 0 Å². The molecule has 3 aromatic rings. The number of fused-ring (bicyclic) bond motifs is 1. The van der Waals surface area contributed by atoms with E-state index in [4.69, 9.17) is 0 Å². The number of rotatable bonds is 6. The Hall–Kier alpha value is -1.96. The highest BCUT2D eigenvalue weighted by atomic mass is 32.2. The van der Waals surface area contributed by atoms with Gasteiger partial charge in [-0.25, -0.2) is 23.8 Å². The largest absolute Gasteiger partial charge is 0.342 e. The van der Waals surface area contributed by atoms with Crippen molar-refractivity contribution in [3.05, 3.63) is 48.0 Å². The molecule has 0 atom stereocenters. The highest BCUT2D eigenvalue weighted by Gasteiger charge is 2.24. The lowest BCUT2D eigenvalue weighted by molar-refractivity contribution is 0.377. The van der Waals surface area contributed by atoms with Crippen molar-refractivity contribution in [1.82, 2.24) is 24.4 Å². The topological polar surface area (TPSA) is 65.6 Å². The first-order valence-corrected chi connectivity index (χ1v) is 10.7. The van der Waals surface area contributed by atoms with E-state index in [0.717, 1.165) is 36.8 Å². The fraction of sp³-hybridized carbons (Fsp3) is 0.429. The van der Waals surface area contributed by atoms with Crippen LogP contribution in [0.5, 0.6) is 0 Å². The molecule has 2 heterocycles. The summed E-state index contributed by atoms with van der Waals surface area (Å²) in [7, 11) is 0. The second-order valence-corrected chi connectivity index (χ2v) is 8.41. The van der Waals surface area contributed by atoms with Crippen molar-refractivity contribution in [2.75, 3.05) is 0 Å². The summed E-state index contributed by atoms with van der Waals surface area (Å²) in [5.74, 6) is 0.219. The van der Waals surface area contributed by atoms with Crippen molar-refractivity contribution in [1.29, 1.82) is 0 Å². The summed E-state index contributed by atoms with van der Waals surface area (Å²) in [6, 6.07) is 9.77. The van der Waals surface area contributed by atoms with E-state index in [1.165, 1.54) is 11.8 Å². The van der Waals surface area contributed by atoms with Gasteiger partial charge in [0, 0.05) is 35.5 Å². The third-order valence-electron chi connectivity index (χ3n) is 5.19. The number of hydrogen-bond acceptors (Lipinski definition) is 5. The summed E-state index contributed by atoms with van der Waals surface area (Å²) in [6.45, 7) is 4.28. The first kappa shape index (κ1) is 19.4. The molecule has 3 N–H and O–H groups in total. The van der Waals surface area contributed by atoms with Gasteiger partial charge in [0.1, 0.15) is 11.3 Å². The van der Waals surface area contributed by atoms with E-state index in [1.807, 2.05) is 6.07 Å². The van der Waals surface area contributed by atoms with Crippen LogP contribution in [-0.2, 0) is 0 Å². The summed E-state index contributed by atoms with van der Waals surface area (Å²) in [4.78, 5) is 12.5. The molecule has 1 saturated carbocycles. The van der Waals surface area contributed by atoms with Gasteiger partial charge in [0.2, 0.25) is 0 Å². The minimum absolute atomic E-state index is 0.275. The number of hydrogen-bond donors (Lipinski definition) is 3. The second-order valence-electron chi connectivity index (χ2n) is 7.73. The number of nitrogens with one attached hydrogen (secondary N) is 3. The van der Waals surface area contributed by atoms with Crippen LogP contribution >= 0.6 is 12.1 Å². The number of H-pyrrole nitrogens is 1. The fourth-order valence-corrected chi connectivity index (χ4v) is 4.40. The van der Waals surface area contributed by atoms with Gasteiger partial charge in [-0.05, 0) is 63.6 Å². The summed E-state index contributed by atoms with van der Waals surface area (Å²) in [5, 5.41) is 0. The summed E-state index contributed by atoms with van der Waals surface area (Å²) in [5.41, 5.74) is 3.81. The van der Waals surface area contributed by atoms with E-state index < -0.39 is 0 Å². The Bertz CT molecular complexity index is 933. The Morgan fingerprint density at radius 2 is 1.96 bits per heavy atom. The van der Waals surface area contributed by atoms with Crippen LogP contribution < -0.4 is 9.44 Å². The Balaban J connectivity index is 1.44. The molecular weight excluding hydrogens is 373 g/mol. The fourth-order valence-electron chi connectivity index (χ4n) is 3.70. The second kappa shape index (κ2) is 8.59. The molecule has 4 rings (SSSR count). The molecule has 1 fully saturated rings. The van der Waals surface area contributed by atoms with Gasteiger partial charge in [-0.1, -0.05) is 12.1 Å². The molecule has 0 saturated heterocycles. The molecule has 28 heavy (non-hydrogen) atoms. The Labute approximate surface area is 169 Å². The monoisotopic (exact) mass is 399 g/mol. The standard InChI is InChI=1S/C21H26FN5S/c1-13(2)26-28-27-15-9-7-14(8-10-15)18-11-19-21(25-18)23-12-20(24-19)16-5-3-4-6-17(16)22/h3-6,11-15,26-27H,7-10H2,1-2H3,(H,23,25). The molecule has 1 aromatic carbocycles. The van der Waals surface area contributed by atoms with Crippen LogP contribution in [0, 0.1) is 5.82 Å².